The summed E-state index contributed by atoms with van der Waals surface area (Å²) in [6, 6.07) is 16.2. The van der Waals surface area contributed by atoms with Crippen molar-refractivity contribution in [1.29, 1.82) is 0 Å². The van der Waals surface area contributed by atoms with Crippen LogP contribution in [0.25, 0.3) is 11.3 Å². The van der Waals surface area contributed by atoms with Gasteiger partial charge in [0.2, 0.25) is 5.91 Å². The molecule has 4 rings (SSSR count). The first-order chi connectivity index (χ1) is 13.7. The van der Waals surface area contributed by atoms with Crippen molar-refractivity contribution in [3.05, 3.63) is 84.1 Å². The first kappa shape index (κ1) is 18.3. The van der Waals surface area contributed by atoms with Gasteiger partial charge >= 0.3 is 0 Å². The molecule has 4 nitrogen and oxygen atoms in total. The van der Waals surface area contributed by atoms with Crippen molar-refractivity contribution in [3.8, 4) is 11.3 Å². The smallest absolute Gasteiger partial charge is 0.227 e. The topological polar surface area (TPSA) is 46.1 Å². The number of amides is 1. The van der Waals surface area contributed by atoms with Crippen molar-refractivity contribution in [2.45, 2.75) is 25.2 Å². The molecule has 1 atom stereocenters. The zero-order valence-corrected chi connectivity index (χ0v) is 15.6. The highest BCUT2D eigenvalue weighted by molar-refractivity contribution is 5.79. The van der Waals surface area contributed by atoms with Gasteiger partial charge in [-0.3, -0.25) is 14.8 Å². The van der Waals surface area contributed by atoms with Gasteiger partial charge in [-0.2, -0.15) is 0 Å². The second-order valence-corrected chi connectivity index (χ2v) is 7.14. The van der Waals surface area contributed by atoms with E-state index in [9.17, 15) is 9.18 Å². The molecule has 1 unspecified atom stereocenters. The molecule has 0 bridgehead atoms. The van der Waals surface area contributed by atoms with Crippen LogP contribution in [0.15, 0.2) is 67.0 Å². The second kappa shape index (κ2) is 8.30. The van der Waals surface area contributed by atoms with Gasteiger partial charge < -0.3 is 4.90 Å². The minimum Gasteiger partial charge on any atom is -0.342 e. The molecule has 1 saturated heterocycles. The largest absolute Gasteiger partial charge is 0.342 e. The molecular formula is C23H22FN3O. The third-order valence-corrected chi connectivity index (χ3v) is 5.18. The van der Waals surface area contributed by atoms with E-state index in [1.165, 1.54) is 12.1 Å². The average Bonchev–Trinajstić information content (AvgIpc) is 2.74. The van der Waals surface area contributed by atoms with Crippen LogP contribution in [-0.4, -0.2) is 33.9 Å². The van der Waals surface area contributed by atoms with Crippen molar-refractivity contribution >= 4 is 5.91 Å². The quantitative estimate of drug-likeness (QED) is 0.685. The van der Waals surface area contributed by atoms with Crippen LogP contribution in [0.5, 0.6) is 0 Å². The van der Waals surface area contributed by atoms with E-state index >= 15 is 0 Å². The van der Waals surface area contributed by atoms with E-state index in [0.29, 0.717) is 18.7 Å². The van der Waals surface area contributed by atoms with Gasteiger partial charge in [-0.25, -0.2) is 4.39 Å². The molecule has 1 aliphatic rings. The number of hydrogen-bond donors (Lipinski definition) is 0. The standard InChI is InChI=1S/C23H22FN3O/c24-20-10-4-8-18(15-20)22-23(26-12-11-25-22)19-9-5-13-27(16-19)21(28)14-17-6-2-1-3-7-17/h1-4,6-8,10-12,15,19H,5,9,13-14,16H2. The highest BCUT2D eigenvalue weighted by Gasteiger charge is 2.28. The van der Waals surface area contributed by atoms with Crippen LogP contribution in [-0.2, 0) is 11.2 Å². The summed E-state index contributed by atoms with van der Waals surface area (Å²) in [7, 11) is 0. The van der Waals surface area contributed by atoms with E-state index in [1.807, 2.05) is 41.3 Å². The number of hydrogen-bond acceptors (Lipinski definition) is 3. The van der Waals surface area contributed by atoms with E-state index < -0.39 is 0 Å². The first-order valence-electron chi connectivity index (χ1n) is 9.59. The van der Waals surface area contributed by atoms with Crippen LogP contribution in [0.2, 0.25) is 0 Å². The number of halogens is 1. The molecule has 1 aromatic heterocycles. The van der Waals surface area contributed by atoms with E-state index in [-0.39, 0.29) is 17.6 Å². The molecule has 1 fully saturated rings. The van der Waals surface area contributed by atoms with Crippen LogP contribution in [0.1, 0.15) is 30.0 Å². The Morgan fingerprint density at radius 3 is 2.71 bits per heavy atom. The lowest BCUT2D eigenvalue weighted by molar-refractivity contribution is -0.131. The fraction of sp³-hybridized carbons (Fsp3) is 0.261. The number of rotatable bonds is 4. The maximum absolute atomic E-state index is 13.7. The lowest BCUT2D eigenvalue weighted by Gasteiger charge is -2.33. The molecule has 0 aliphatic carbocycles. The fourth-order valence-electron chi connectivity index (χ4n) is 3.81. The number of aromatic nitrogens is 2. The van der Waals surface area contributed by atoms with Crippen LogP contribution < -0.4 is 0 Å². The van der Waals surface area contributed by atoms with Crippen LogP contribution >= 0.6 is 0 Å². The van der Waals surface area contributed by atoms with Gasteiger partial charge in [0.15, 0.2) is 0 Å². The fourth-order valence-corrected chi connectivity index (χ4v) is 3.81. The van der Waals surface area contributed by atoms with Crippen molar-refractivity contribution in [1.82, 2.24) is 14.9 Å². The summed E-state index contributed by atoms with van der Waals surface area (Å²) >= 11 is 0. The number of nitrogens with zero attached hydrogens (tertiary/aromatic N) is 3. The molecule has 0 N–H and O–H groups in total. The number of benzene rings is 2. The van der Waals surface area contributed by atoms with Gasteiger partial charge in [0.25, 0.3) is 0 Å². The van der Waals surface area contributed by atoms with E-state index in [4.69, 9.17) is 0 Å². The lowest BCUT2D eigenvalue weighted by atomic mass is 9.91. The van der Waals surface area contributed by atoms with Gasteiger partial charge in [-0.15, -0.1) is 0 Å². The normalized spacial score (nSPS) is 16.8. The maximum atomic E-state index is 13.7. The number of piperidine rings is 1. The molecule has 1 amide bonds. The molecule has 3 aromatic rings. The Morgan fingerprint density at radius 2 is 1.89 bits per heavy atom. The number of carbonyl (C=O) groups is 1. The Morgan fingerprint density at radius 1 is 1.07 bits per heavy atom. The molecule has 28 heavy (non-hydrogen) atoms. The summed E-state index contributed by atoms with van der Waals surface area (Å²) in [5.41, 5.74) is 3.28. The van der Waals surface area contributed by atoms with E-state index in [2.05, 4.69) is 9.97 Å². The van der Waals surface area contributed by atoms with Gasteiger partial charge in [0, 0.05) is 37.0 Å². The van der Waals surface area contributed by atoms with Gasteiger partial charge in [-0.1, -0.05) is 42.5 Å². The molecule has 0 saturated carbocycles. The summed E-state index contributed by atoms with van der Waals surface area (Å²) < 4.78 is 13.7. The van der Waals surface area contributed by atoms with Crippen LogP contribution in [0.4, 0.5) is 4.39 Å². The molecule has 2 heterocycles. The summed E-state index contributed by atoms with van der Waals surface area (Å²) in [6.45, 7) is 1.38. The highest BCUT2D eigenvalue weighted by atomic mass is 19.1. The van der Waals surface area contributed by atoms with Crippen molar-refractivity contribution in [2.24, 2.45) is 0 Å². The van der Waals surface area contributed by atoms with E-state index in [0.717, 1.165) is 36.2 Å². The predicted octanol–water partition coefficient (Wildman–Crippen LogP) is 4.23. The number of carbonyl (C=O) groups excluding carboxylic acids is 1. The molecule has 0 radical (unpaired) electrons. The van der Waals surface area contributed by atoms with E-state index in [1.54, 1.807) is 18.5 Å². The zero-order chi connectivity index (χ0) is 19.3. The third-order valence-electron chi connectivity index (χ3n) is 5.18. The summed E-state index contributed by atoms with van der Waals surface area (Å²) in [4.78, 5) is 23.7. The maximum Gasteiger partial charge on any atom is 0.227 e. The second-order valence-electron chi connectivity index (χ2n) is 7.14. The van der Waals surface area contributed by atoms with Crippen LogP contribution in [0.3, 0.4) is 0 Å². The third kappa shape index (κ3) is 4.09. The summed E-state index contributed by atoms with van der Waals surface area (Å²) in [5, 5.41) is 0. The molecule has 5 heteroatoms. The Balaban J connectivity index is 1.55. The van der Waals surface area contributed by atoms with Crippen molar-refractivity contribution < 1.29 is 9.18 Å². The minimum atomic E-state index is -0.294. The Bertz CT molecular complexity index is 961. The molecule has 142 valence electrons. The SMILES string of the molecule is O=C(Cc1ccccc1)N1CCCC(c2nccnc2-c2cccc(F)c2)C1. The molecule has 1 aliphatic heterocycles. The molecular weight excluding hydrogens is 353 g/mol. The molecule has 2 aromatic carbocycles. The summed E-state index contributed by atoms with van der Waals surface area (Å²) in [6.07, 6.45) is 5.57. The lowest BCUT2D eigenvalue weighted by Crippen LogP contribution is -2.40. The first-order valence-corrected chi connectivity index (χ1v) is 9.59. The predicted molar refractivity (Wildman–Crippen MR) is 106 cm³/mol. The summed E-state index contributed by atoms with van der Waals surface area (Å²) in [5.74, 6) is -0.0649. The highest BCUT2D eigenvalue weighted by Crippen LogP contribution is 2.32. The Labute approximate surface area is 164 Å². The van der Waals surface area contributed by atoms with Crippen molar-refractivity contribution in [2.75, 3.05) is 13.1 Å². The van der Waals surface area contributed by atoms with Crippen LogP contribution in [0, 0.1) is 5.82 Å². The zero-order valence-electron chi connectivity index (χ0n) is 15.6. The van der Waals surface area contributed by atoms with Gasteiger partial charge in [0.05, 0.1) is 17.8 Å². The number of likely N-dealkylation sites (tertiary alicyclic amines) is 1. The Kier molecular flexibility index (Phi) is 5.42. The van der Waals surface area contributed by atoms with Crippen molar-refractivity contribution in [3.63, 3.8) is 0 Å². The minimum absolute atomic E-state index is 0.0976. The average molecular weight is 375 g/mol. The Hall–Kier alpha value is -3.08. The monoisotopic (exact) mass is 375 g/mol. The van der Waals surface area contributed by atoms with Gasteiger partial charge in [0.1, 0.15) is 5.82 Å². The van der Waals surface area contributed by atoms with Gasteiger partial charge in [-0.05, 0) is 30.5 Å². The molecule has 0 spiro atoms.